The highest BCUT2D eigenvalue weighted by Crippen LogP contribution is 2.37. The summed E-state index contributed by atoms with van der Waals surface area (Å²) < 4.78 is 5.44. The third kappa shape index (κ3) is 3.37. The van der Waals surface area contributed by atoms with Gasteiger partial charge in [0.05, 0.1) is 37.6 Å². The number of fused-ring (bicyclic) bond motifs is 1. The van der Waals surface area contributed by atoms with Crippen LogP contribution in [-0.4, -0.2) is 46.4 Å². The largest absolute Gasteiger partial charge is 0.389 e. The summed E-state index contributed by atoms with van der Waals surface area (Å²) >= 11 is 1.87. The van der Waals surface area contributed by atoms with Crippen molar-refractivity contribution in [3.05, 3.63) is 15.6 Å². The van der Waals surface area contributed by atoms with Crippen LogP contribution in [0.5, 0.6) is 0 Å². The van der Waals surface area contributed by atoms with Crippen molar-refractivity contribution in [1.29, 1.82) is 0 Å². The third-order valence-corrected chi connectivity index (χ3v) is 6.01. The molecule has 22 heavy (non-hydrogen) atoms. The molecule has 1 aliphatic carbocycles. The van der Waals surface area contributed by atoms with E-state index in [1.54, 1.807) is 0 Å². The van der Waals surface area contributed by atoms with Gasteiger partial charge >= 0.3 is 0 Å². The van der Waals surface area contributed by atoms with E-state index in [-0.39, 0.29) is 12.1 Å². The van der Waals surface area contributed by atoms with Gasteiger partial charge in [0.2, 0.25) is 0 Å². The van der Waals surface area contributed by atoms with Crippen molar-refractivity contribution in [3.8, 4) is 0 Å². The van der Waals surface area contributed by atoms with Crippen LogP contribution in [0, 0.1) is 5.41 Å². The van der Waals surface area contributed by atoms with Crippen molar-refractivity contribution in [2.24, 2.45) is 5.41 Å². The zero-order valence-electron chi connectivity index (χ0n) is 14.1. The Bertz CT molecular complexity index is 527. The van der Waals surface area contributed by atoms with E-state index in [4.69, 9.17) is 9.72 Å². The predicted octanol–water partition coefficient (Wildman–Crippen LogP) is 2.63. The number of aliphatic hydroxyl groups is 1. The van der Waals surface area contributed by atoms with Crippen molar-refractivity contribution in [1.82, 2.24) is 9.88 Å². The predicted molar refractivity (Wildman–Crippen MR) is 89.2 cm³/mol. The third-order valence-electron chi connectivity index (χ3n) is 4.93. The molecule has 124 valence electrons. The summed E-state index contributed by atoms with van der Waals surface area (Å²) in [6.07, 6.45) is 3.11. The molecule has 5 heteroatoms. The number of hydrogen-bond donors (Lipinski definition) is 1. The molecule has 0 bridgehead atoms. The Labute approximate surface area is 137 Å². The molecule has 1 fully saturated rings. The van der Waals surface area contributed by atoms with Gasteiger partial charge < -0.3 is 9.84 Å². The van der Waals surface area contributed by atoms with Gasteiger partial charge in [-0.1, -0.05) is 13.8 Å². The Hall–Kier alpha value is -0.490. The van der Waals surface area contributed by atoms with Gasteiger partial charge in [-0.25, -0.2) is 4.98 Å². The molecule has 0 spiro atoms. The molecule has 2 aliphatic rings. The number of aromatic nitrogens is 1. The fourth-order valence-electron chi connectivity index (χ4n) is 3.51. The van der Waals surface area contributed by atoms with Crippen LogP contribution >= 0.6 is 11.3 Å². The Morgan fingerprint density at radius 2 is 2.18 bits per heavy atom. The molecule has 3 rings (SSSR count). The highest BCUT2D eigenvalue weighted by molar-refractivity contribution is 7.11. The van der Waals surface area contributed by atoms with Crippen LogP contribution in [0.25, 0.3) is 0 Å². The lowest BCUT2D eigenvalue weighted by Crippen LogP contribution is -2.46. The van der Waals surface area contributed by atoms with Crippen LogP contribution in [0.3, 0.4) is 0 Å². The smallest absolute Gasteiger partial charge is 0.107 e. The normalized spacial score (nSPS) is 27.6. The standard InChI is InChI=1S/C17H28N2O2S/c1-11(2)19(13-9-21-10-14(13)20)8-16-18-12-5-6-17(3,4)7-15(12)22-16/h11,13-14,20H,5-10H2,1-4H3/t13-,14-/m1/s1. The number of rotatable bonds is 4. The lowest BCUT2D eigenvalue weighted by molar-refractivity contribution is 0.0577. The summed E-state index contributed by atoms with van der Waals surface area (Å²) in [5.41, 5.74) is 1.72. The maximum atomic E-state index is 10.1. The van der Waals surface area contributed by atoms with E-state index >= 15 is 0 Å². The quantitative estimate of drug-likeness (QED) is 0.925. The fraction of sp³-hybridized carbons (Fsp3) is 0.824. The number of aryl methyl sites for hydroxylation is 1. The van der Waals surface area contributed by atoms with Crippen molar-refractivity contribution < 1.29 is 9.84 Å². The summed E-state index contributed by atoms with van der Waals surface area (Å²) in [6, 6.07) is 0.469. The zero-order valence-corrected chi connectivity index (χ0v) is 14.9. The SMILES string of the molecule is CC(C)N(Cc1nc2c(s1)CC(C)(C)CC2)[C@@H]1COC[C@H]1O. The van der Waals surface area contributed by atoms with Crippen LogP contribution < -0.4 is 0 Å². The van der Waals surface area contributed by atoms with Gasteiger partial charge in [0, 0.05) is 10.9 Å². The minimum absolute atomic E-state index is 0.0948. The monoisotopic (exact) mass is 324 g/mol. The van der Waals surface area contributed by atoms with Gasteiger partial charge in [0.15, 0.2) is 0 Å². The second-order valence-electron chi connectivity index (χ2n) is 7.76. The Morgan fingerprint density at radius 3 is 2.82 bits per heavy atom. The zero-order chi connectivity index (χ0) is 15.9. The van der Waals surface area contributed by atoms with Crippen LogP contribution in [0.2, 0.25) is 0 Å². The summed E-state index contributed by atoms with van der Waals surface area (Å²) in [6.45, 7) is 11.0. The van der Waals surface area contributed by atoms with Crippen molar-refractivity contribution in [2.75, 3.05) is 13.2 Å². The van der Waals surface area contributed by atoms with Gasteiger partial charge in [0.25, 0.3) is 0 Å². The van der Waals surface area contributed by atoms with E-state index in [1.807, 2.05) is 11.3 Å². The van der Waals surface area contributed by atoms with E-state index in [0.29, 0.717) is 24.7 Å². The summed E-state index contributed by atoms with van der Waals surface area (Å²) in [4.78, 5) is 8.70. The molecular weight excluding hydrogens is 296 g/mol. The first kappa shape index (κ1) is 16.4. The first-order valence-electron chi connectivity index (χ1n) is 8.35. The molecule has 0 aromatic carbocycles. The van der Waals surface area contributed by atoms with Gasteiger partial charge in [0.1, 0.15) is 5.01 Å². The molecule has 2 heterocycles. The molecule has 0 unspecified atom stereocenters. The highest BCUT2D eigenvalue weighted by atomic mass is 32.1. The molecule has 0 amide bonds. The topological polar surface area (TPSA) is 45.6 Å². The van der Waals surface area contributed by atoms with E-state index < -0.39 is 0 Å². The van der Waals surface area contributed by atoms with Crippen molar-refractivity contribution >= 4 is 11.3 Å². The summed E-state index contributed by atoms with van der Waals surface area (Å²) in [5, 5.41) is 11.3. The first-order chi connectivity index (χ1) is 10.4. The summed E-state index contributed by atoms with van der Waals surface area (Å²) in [5.74, 6) is 0. The maximum Gasteiger partial charge on any atom is 0.107 e. The van der Waals surface area contributed by atoms with E-state index in [2.05, 4.69) is 32.6 Å². The lowest BCUT2D eigenvalue weighted by atomic mass is 9.79. The molecule has 0 radical (unpaired) electrons. The number of hydrogen-bond acceptors (Lipinski definition) is 5. The van der Waals surface area contributed by atoms with Gasteiger partial charge in [-0.05, 0) is 38.5 Å². The summed E-state index contributed by atoms with van der Waals surface area (Å²) in [7, 11) is 0. The average Bonchev–Trinajstić information content (AvgIpc) is 3.00. The Morgan fingerprint density at radius 1 is 1.41 bits per heavy atom. The maximum absolute atomic E-state index is 10.1. The van der Waals surface area contributed by atoms with Gasteiger partial charge in [-0.15, -0.1) is 11.3 Å². The molecular formula is C17H28N2O2S. The Balaban J connectivity index is 1.75. The minimum Gasteiger partial charge on any atom is -0.389 e. The molecule has 4 nitrogen and oxygen atoms in total. The number of ether oxygens (including phenoxy) is 1. The van der Waals surface area contributed by atoms with Crippen molar-refractivity contribution in [3.63, 3.8) is 0 Å². The molecule has 1 saturated heterocycles. The molecule has 1 N–H and O–H groups in total. The second kappa shape index (κ2) is 6.19. The molecule has 1 aromatic rings. The van der Waals surface area contributed by atoms with Crippen LogP contribution in [-0.2, 0) is 24.1 Å². The van der Waals surface area contributed by atoms with Crippen LogP contribution in [0.15, 0.2) is 0 Å². The Kier molecular flexibility index (Phi) is 4.61. The molecule has 1 aromatic heterocycles. The van der Waals surface area contributed by atoms with Crippen molar-refractivity contribution in [2.45, 2.75) is 71.7 Å². The second-order valence-corrected chi connectivity index (χ2v) is 8.92. The average molecular weight is 324 g/mol. The molecule has 2 atom stereocenters. The first-order valence-corrected chi connectivity index (χ1v) is 9.16. The molecule has 1 aliphatic heterocycles. The van der Waals surface area contributed by atoms with Gasteiger partial charge in [-0.3, -0.25) is 4.90 Å². The van der Waals surface area contributed by atoms with E-state index in [9.17, 15) is 5.11 Å². The fourth-order valence-corrected chi connectivity index (χ4v) is 4.89. The van der Waals surface area contributed by atoms with E-state index in [0.717, 1.165) is 19.4 Å². The van der Waals surface area contributed by atoms with Gasteiger partial charge in [-0.2, -0.15) is 0 Å². The van der Waals surface area contributed by atoms with Crippen LogP contribution in [0.4, 0.5) is 0 Å². The molecule has 0 saturated carbocycles. The lowest BCUT2D eigenvalue weighted by Gasteiger charge is -2.32. The van der Waals surface area contributed by atoms with E-state index in [1.165, 1.54) is 22.0 Å². The van der Waals surface area contributed by atoms with Crippen LogP contribution in [0.1, 0.15) is 49.7 Å². The highest BCUT2D eigenvalue weighted by Gasteiger charge is 2.34. The number of thiazole rings is 1. The number of aliphatic hydroxyl groups excluding tert-OH is 1. The minimum atomic E-state index is -0.379. The number of nitrogens with zero attached hydrogens (tertiary/aromatic N) is 2.